The first-order valence-electron chi connectivity index (χ1n) is 8.29. The molecule has 2 heterocycles. The maximum absolute atomic E-state index is 13.4. The average Bonchev–Trinajstić information content (AvgIpc) is 2.53. The fourth-order valence-electron chi connectivity index (χ4n) is 3.41. The van der Waals surface area contributed by atoms with E-state index in [0.29, 0.717) is 31.1 Å². The molecule has 1 aromatic rings. The van der Waals surface area contributed by atoms with E-state index in [9.17, 15) is 18.0 Å². The molecule has 0 unspecified atom stereocenters. The standard InChI is InChI=1S/C17H21F3N2O3/c1-11(23)21-13-3-5-16(17(18,19)20)22(10-13)9-12-2-4-14-15(8-12)25-7-6-24-14/h2,4,8,13,16H,3,5-7,9-10H2,1H3,(H,21,23)/t13-,16-/m1/s1. The fraction of sp³-hybridized carbons (Fsp3) is 0.588. The van der Waals surface area contributed by atoms with Crippen molar-refractivity contribution in [3.63, 3.8) is 0 Å². The highest BCUT2D eigenvalue weighted by Gasteiger charge is 2.46. The lowest BCUT2D eigenvalue weighted by Gasteiger charge is -2.40. The van der Waals surface area contributed by atoms with Gasteiger partial charge >= 0.3 is 6.18 Å². The Morgan fingerprint density at radius 1 is 1.24 bits per heavy atom. The molecule has 3 rings (SSSR count). The number of nitrogens with one attached hydrogen (secondary N) is 1. The van der Waals surface area contributed by atoms with Gasteiger partial charge in [0.25, 0.3) is 0 Å². The van der Waals surface area contributed by atoms with Crippen molar-refractivity contribution >= 4 is 5.91 Å². The smallest absolute Gasteiger partial charge is 0.404 e. The first kappa shape index (κ1) is 17.8. The number of ether oxygens (including phenoxy) is 2. The molecular weight excluding hydrogens is 337 g/mol. The molecule has 25 heavy (non-hydrogen) atoms. The number of carbonyl (C=O) groups excluding carboxylic acids is 1. The van der Waals surface area contributed by atoms with Crippen LogP contribution in [0.1, 0.15) is 25.3 Å². The molecule has 1 aromatic carbocycles. The van der Waals surface area contributed by atoms with Gasteiger partial charge in [0.2, 0.25) is 5.91 Å². The number of rotatable bonds is 3. The van der Waals surface area contributed by atoms with Gasteiger partial charge in [0.15, 0.2) is 11.5 Å². The van der Waals surface area contributed by atoms with Crippen LogP contribution in [0.5, 0.6) is 11.5 Å². The van der Waals surface area contributed by atoms with Crippen LogP contribution in [0.25, 0.3) is 0 Å². The summed E-state index contributed by atoms with van der Waals surface area (Å²) in [6.45, 7) is 2.57. The Morgan fingerprint density at radius 3 is 2.64 bits per heavy atom. The number of fused-ring (bicyclic) bond motifs is 1. The van der Waals surface area contributed by atoms with E-state index < -0.39 is 12.2 Å². The number of alkyl halides is 3. The number of nitrogens with zero attached hydrogens (tertiary/aromatic N) is 1. The lowest BCUT2D eigenvalue weighted by Crippen LogP contribution is -2.55. The molecular formula is C17H21F3N2O3. The third-order valence-corrected chi connectivity index (χ3v) is 4.46. The molecule has 0 spiro atoms. The predicted molar refractivity (Wildman–Crippen MR) is 84.5 cm³/mol. The summed E-state index contributed by atoms with van der Waals surface area (Å²) in [5.74, 6) is 0.939. The quantitative estimate of drug-likeness (QED) is 0.902. The van der Waals surface area contributed by atoms with Crippen LogP contribution in [-0.4, -0.2) is 48.8 Å². The second-order valence-corrected chi connectivity index (χ2v) is 6.44. The molecule has 2 atom stereocenters. The van der Waals surface area contributed by atoms with Crippen LogP contribution in [0, 0.1) is 0 Å². The number of amides is 1. The number of hydrogen-bond donors (Lipinski definition) is 1. The molecule has 0 bridgehead atoms. The number of benzene rings is 1. The van der Waals surface area contributed by atoms with Crippen molar-refractivity contribution in [1.82, 2.24) is 10.2 Å². The van der Waals surface area contributed by atoms with Gasteiger partial charge in [-0.3, -0.25) is 9.69 Å². The number of hydrogen-bond acceptors (Lipinski definition) is 4. The van der Waals surface area contributed by atoms with Gasteiger partial charge in [-0.1, -0.05) is 6.07 Å². The Kier molecular flexibility index (Phi) is 5.08. The molecule has 5 nitrogen and oxygen atoms in total. The van der Waals surface area contributed by atoms with E-state index >= 15 is 0 Å². The minimum absolute atomic E-state index is 0.0288. The summed E-state index contributed by atoms with van der Waals surface area (Å²) in [6.07, 6.45) is -4.00. The zero-order valence-corrected chi connectivity index (χ0v) is 13.9. The van der Waals surface area contributed by atoms with Crippen molar-refractivity contribution in [2.75, 3.05) is 19.8 Å². The average molecular weight is 358 g/mol. The highest BCUT2D eigenvalue weighted by atomic mass is 19.4. The molecule has 0 aromatic heterocycles. The molecule has 0 radical (unpaired) electrons. The SMILES string of the molecule is CC(=O)N[C@@H]1CC[C@H](C(F)(F)F)N(Cc2ccc3c(c2)OCCO3)C1. The van der Waals surface area contributed by atoms with E-state index in [1.807, 2.05) is 0 Å². The zero-order valence-electron chi connectivity index (χ0n) is 13.9. The highest BCUT2D eigenvalue weighted by Crippen LogP contribution is 2.35. The van der Waals surface area contributed by atoms with E-state index in [1.54, 1.807) is 18.2 Å². The van der Waals surface area contributed by atoms with Gasteiger partial charge in [-0.25, -0.2) is 0 Å². The van der Waals surface area contributed by atoms with E-state index in [0.717, 1.165) is 5.56 Å². The molecule has 1 amide bonds. The van der Waals surface area contributed by atoms with E-state index in [4.69, 9.17) is 9.47 Å². The van der Waals surface area contributed by atoms with Gasteiger partial charge in [0, 0.05) is 26.1 Å². The lowest BCUT2D eigenvalue weighted by atomic mass is 9.96. The molecule has 0 aliphatic carbocycles. The topological polar surface area (TPSA) is 50.8 Å². The van der Waals surface area contributed by atoms with Crippen LogP contribution in [-0.2, 0) is 11.3 Å². The van der Waals surface area contributed by atoms with Gasteiger partial charge in [-0.2, -0.15) is 13.2 Å². The highest BCUT2D eigenvalue weighted by molar-refractivity contribution is 5.73. The Hall–Kier alpha value is -1.96. The fourth-order valence-corrected chi connectivity index (χ4v) is 3.41. The molecule has 1 saturated heterocycles. The van der Waals surface area contributed by atoms with Crippen LogP contribution in [0.2, 0.25) is 0 Å². The summed E-state index contributed by atoms with van der Waals surface area (Å²) >= 11 is 0. The normalized spacial score (nSPS) is 24.0. The Balaban J connectivity index is 1.76. The van der Waals surface area contributed by atoms with Crippen LogP contribution in [0.4, 0.5) is 13.2 Å². The second kappa shape index (κ2) is 7.11. The molecule has 2 aliphatic heterocycles. The van der Waals surface area contributed by atoms with Crippen LogP contribution in [0.3, 0.4) is 0 Å². The third kappa shape index (κ3) is 4.36. The van der Waals surface area contributed by atoms with Gasteiger partial charge in [0.1, 0.15) is 19.3 Å². The first-order valence-corrected chi connectivity index (χ1v) is 8.29. The van der Waals surface area contributed by atoms with Crippen molar-refractivity contribution in [2.24, 2.45) is 0 Å². The van der Waals surface area contributed by atoms with E-state index in [2.05, 4.69) is 5.32 Å². The number of carbonyl (C=O) groups is 1. The maximum atomic E-state index is 13.4. The maximum Gasteiger partial charge on any atom is 0.404 e. The monoisotopic (exact) mass is 358 g/mol. The van der Waals surface area contributed by atoms with E-state index in [-0.39, 0.29) is 31.5 Å². The second-order valence-electron chi connectivity index (χ2n) is 6.44. The number of likely N-dealkylation sites (tertiary alicyclic amines) is 1. The predicted octanol–water partition coefficient (Wildman–Crippen LogP) is 2.49. The van der Waals surface area contributed by atoms with Gasteiger partial charge < -0.3 is 14.8 Å². The van der Waals surface area contributed by atoms with Crippen molar-refractivity contribution in [1.29, 1.82) is 0 Å². The van der Waals surface area contributed by atoms with Crippen molar-refractivity contribution in [2.45, 2.75) is 44.6 Å². The third-order valence-electron chi connectivity index (χ3n) is 4.46. The summed E-state index contributed by atoms with van der Waals surface area (Å²) < 4.78 is 51.1. The largest absolute Gasteiger partial charge is 0.486 e. The minimum Gasteiger partial charge on any atom is -0.486 e. The molecule has 1 N–H and O–H groups in total. The Labute approximate surface area is 144 Å². The van der Waals surface area contributed by atoms with Gasteiger partial charge in [0.05, 0.1) is 0 Å². The van der Waals surface area contributed by atoms with Gasteiger partial charge in [-0.05, 0) is 30.5 Å². The summed E-state index contributed by atoms with van der Waals surface area (Å²) in [7, 11) is 0. The molecule has 8 heteroatoms. The van der Waals surface area contributed by atoms with Crippen molar-refractivity contribution < 1.29 is 27.4 Å². The summed E-state index contributed by atoms with van der Waals surface area (Å²) in [6, 6.07) is 3.42. The number of halogens is 3. The lowest BCUT2D eigenvalue weighted by molar-refractivity contribution is -0.194. The number of piperidine rings is 1. The Morgan fingerprint density at radius 2 is 1.96 bits per heavy atom. The molecule has 1 fully saturated rings. The Bertz CT molecular complexity index is 636. The summed E-state index contributed by atoms with van der Waals surface area (Å²) in [4.78, 5) is 12.6. The first-order chi connectivity index (χ1) is 11.8. The van der Waals surface area contributed by atoms with Crippen LogP contribution >= 0.6 is 0 Å². The summed E-state index contributed by atoms with van der Waals surface area (Å²) in [5.41, 5.74) is 0.724. The van der Waals surface area contributed by atoms with E-state index in [1.165, 1.54) is 11.8 Å². The minimum atomic E-state index is -4.30. The van der Waals surface area contributed by atoms with Crippen molar-refractivity contribution in [3.8, 4) is 11.5 Å². The zero-order chi connectivity index (χ0) is 18.0. The molecule has 138 valence electrons. The van der Waals surface area contributed by atoms with Crippen LogP contribution < -0.4 is 14.8 Å². The summed E-state index contributed by atoms with van der Waals surface area (Å²) in [5, 5.41) is 2.73. The van der Waals surface area contributed by atoms with Gasteiger partial charge in [-0.15, -0.1) is 0 Å². The van der Waals surface area contributed by atoms with Crippen molar-refractivity contribution in [3.05, 3.63) is 23.8 Å². The molecule has 2 aliphatic rings. The van der Waals surface area contributed by atoms with Crippen LogP contribution in [0.15, 0.2) is 18.2 Å². The molecule has 0 saturated carbocycles.